The van der Waals surface area contributed by atoms with Crippen molar-refractivity contribution >= 4 is 35.1 Å². The van der Waals surface area contributed by atoms with Crippen molar-refractivity contribution in [1.82, 2.24) is 9.88 Å². The Morgan fingerprint density at radius 3 is 2.54 bits per heavy atom. The summed E-state index contributed by atoms with van der Waals surface area (Å²) in [6, 6.07) is 10.7. The average Bonchev–Trinajstić information content (AvgIpc) is 3.35. The molecular formula is C29H34ClF3N4O3S. The van der Waals surface area contributed by atoms with E-state index in [0.29, 0.717) is 49.7 Å². The standard InChI is InChI=1S/C29H34ClF3N4O3S/c1-6-40-29(17-35(2)3)12-13-36(18-29)22-15-21(31)28(27(33)26(22)30)41-37(25-9-7-8-24(32)34-25)16-19-10-11-20(38-4)14-23(19)39-5/h7-11,14-15H,6,12-13,16-18H2,1-5H3. The first-order chi connectivity index (χ1) is 19.6. The van der Waals surface area contributed by atoms with E-state index in [4.69, 9.17) is 25.8 Å². The lowest BCUT2D eigenvalue weighted by Crippen LogP contribution is -2.45. The smallest absolute Gasteiger partial charge is 0.214 e. The lowest BCUT2D eigenvalue weighted by Gasteiger charge is -2.32. The number of ether oxygens (including phenoxy) is 3. The lowest BCUT2D eigenvalue weighted by molar-refractivity contribution is -0.0375. The molecule has 1 unspecified atom stereocenters. The van der Waals surface area contributed by atoms with Gasteiger partial charge in [0.15, 0.2) is 5.82 Å². The third-order valence-electron chi connectivity index (χ3n) is 6.77. The molecule has 1 aromatic heterocycles. The number of pyridine rings is 1. The largest absolute Gasteiger partial charge is 0.497 e. The Morgan fingerprint density at radius 1 is 1.10 bits per heavy atom. The number of rotatable bonds is 12. The van der Waals surface area contributed by atoms with E-state index in [1.54, 1.807) is 24.3 Å². The Morgan fingerprint density at radius 2 is 1.88 bits per heavy atom. The molecule has 1 aliphatic heterocycles. The lowest BCUT2D eigenvalue weighted by atomic mass is 10.0. The predicted octanol–water partition coefficient (Wildman–Crippen LogP) is 6.43. The molecule has 4 rings (SSSR count). The second-order valence-corrected chi connectivity index (χ2v) is 11.4. The van der Waals surface area contributed by atoms with Crippen molar-refractivity contribution in [3.63, 3.8) is 0 Å². The maximum Gasteiger partial charge on any atom is 0.214 e. The third-order valence-corrected chi connectivity index (χ3v) is 8.23. The van der Waals surface area contributed by atoms with E-state index in [1.165, 1.54) is 36.7 Å². The van der Waals surface area contributed by atoms with E-state index in [1.807, 2.05) is 30.8 Å². The molecule has 1 fully saturated rings. The molecule has 41 heavy (non-hydrogen) atoms. The highest BCUT2D eigenvalue weighted by Gasteiger charge is 2.40. The Bertz CT molecular complexity index is 1370. The Kier molecular flexibility index (Phi) is 10.2. The van der Waals surface area contributed by atoms with E-state index in [0.717, 1.165) is 11.9 Å². The molecule has 1 aliphatic rings. The molecule has 3 aromatic rings. The van der Waals surface area contributed by atoms with Crippen LogP contribution in [0.1, 0.15) is 18.9 Å². The van der Waals surface area contributed by atoms with Crippen LogP contribution in [0.15, 0.2) is 47.4 Å². The minimum absolute atomic E-state index is 0.0834. The Hall–Kier alpha value is -2.86. The van der Waals surface area contributed by atoms with Crippen molar-refractivity contribution in [2.75, 3.05) is 63.8 Å². The second kappa shape index (κ2) is 13.4. The first-order valence-electron chi connectivity index (χ1n) is 13.1. The molecule has 0 amide bonds. The molecule has 0 saturated carbocycles. The summed E-state index contributed by atoms with van der Waals surface area (Å²) in [6.45, 7) is 4.18. The van der Waals surface area contributed by atoms with Crippen LogP contribution in [0.3, 0.4) is 0 Å². The zero-order chi connectivity index (χ0) is 29.7. The highest BCUT2D eigenvalue weighted by atomic mass is 35.5. The van der Waals surface area contributed by atoms with Gasteiger partial charge in [-0.1, -0.05) is 17.7 Å². The highest BCUT2D eigenvalue weighted by Crippen LogP contribution is 2.42. The molecule has 7 nitrogen and oxygen atoms in total. The van der Waals surface area contributed by atoms with E-state index >= 15 is 8.78 Å². The first kappa shape index (κ1) is 31.1. The first-order valence-corrected chi connectivity index (χ1v) is 14.2. The van der Waals surface area contributed by atoms with Crippen LogP contribution in [0, 0.1) is 17.6 Å². The topological polar surface area (TPSA) is 50.3 Å². The van der Waals surface area contributed by atoms with Gasteiger partial charge in [-0.2, -0.15) is 4.39 Å². The predicted molar refractivity (Wildman–Crippen MR) is 157 cm³/mol. The summed E-state index contributed by atoms with van der Waals surface area (Å²) in [5, 5.41) is -0.194. The van der Waals surface area contributed by atoms with Crippen molar-refractivity contribution in [3.05, 3.63) is 70.6 Å². The van der Waals surface area contributed by atoms with Crippen LogP contribution in [-0.4, -0.2) is 70.0 Å². The SMILES string of the molecule is CCOC1(CN(C)C)CCN(c2cc(F)c(SN(Cc3ccc(OC)cc3OC)c3cccc(F)n3)c(F)c2Cl)C1. The summed E-state index contributed by atoms with van der Waals surface area (Å²) in [5.74, 6) is -1.20. The van der Waals surface area contributed by atoms with Gasteiger partial charge in [0.25, 0.3) is 0 Å². The molecule has 1 saturated heterocycles. The maximum absolute atomic E-state index is 15.8. The third kappa shape index (κ3) is 7.14. The molecule has 1 atom stereocenters. The minimum atomic E-state index is -0.906. The fourth-order valence-corrected chi connectivity index (χ4v) is 6.32. The molecule has 12 heteroatoms. The van der Waals surface area contributed by atoms with Gasteiger partial charge in [-0.15, -0.1) is 0 Å². The van der Waals surface area contributed by atoms with Gasteiger partial charge < -0.3 is 24.0 Å². The van der Waals surface area contributed by atoms with E-state index in [2.05, 4.69) is 4.98 Å². The Labute approximate surface area is 248 Å². The summed E-state index contributed by atoms with van der Waals surface area (Å²) in [6.07, 6.45) is 0.692. The summed E-state index contributed by atoms with van der Waals surface area (Å²) in [4.78, 5) is 7.50. The van der Waals surface area contributed by atoms with Crippen LogP contribution in [0.5, 0.6) is 11.5 Å². The number of likely N-dealkylation sites (N-methyl/N-ethyl adjacent to an activating group) is 1. The number of aromatic nitrogens is 1. The average molecular weight is 611 g/mol. The normalized spacial score (nSPS) is 16.9. The van der Waals surface area contributed by atoms with Crippen molar-refractivity contribution < 1.29 is 27.4 Å². The number of halogens is 4. The zero-order valence-electron chi connectivity index (χ0n) is 23.7. The van der Waals surface area contributed by atoms with Crippen LogP contribution in [0.25, 0.3) is 0 Å². The van der Waals surface area contributed by atoms with E-state index in [-0.39, 0.29) is 28.0 Å². The van der Waals surface area contributed by atoms with Gasteiger partial charge in [0.2, 0.25) is 5.95 Å². The van der Waals surface area contributed by atoms with Crippen molar-refractivity contribution in [2.24, 2.45) is 0 Å². The molecule has 0 bridgehead atoms. The fourth-order valence-electron chi connectivity index (χ4n) is 5.05. The van der Waals surface area contributed by atoms with Crippen LogP contribution in [0.4, 0.5) is 24.7 Å². The fraction of sp³-hybridized carbons (Fsp3) is 0.414. The van der Waals surface area contributed by atoms with Gasteiger partial charge in [-0.25, -0.2) is 13.8 Å². The number of hydrogen-bond donors (Lipinski definition) is 0. The monoisotopic (exact) mass is 610 g/mol. The number of methoxy groups -OCH3 is 2. The summed E-state index contributed by atoms with van der Waals surface area (Å²) >= 11 is 7.29. The Balaban J connectivity index is 1.67. The van der Waals surface area contributed by atoms with Gasteiger partial charge in [-0.3, -0.25) is 4.31 Å². The minimum Gasteiger partial charge on any atom is -0.497 e. The zero-order valence-corrected chi connectivity index (χ0v) is 25.3. The number of benzene rings is 2. The van der Waals surface area contributed by atoms with Crippen LogP contribution < -0.4 is 18.7 Å². The van der Waals surface area contributed by atoms with Crippen molar-refractivity contribution in [1.29, 1.82) is 0 Å². The van der Waals surface area contributed by atoms with Gasteiger partial charge >= 0.3 is 0 Å². The van der Waals surface area contributed by atoms with Gasteiger partial charge in [-0.05, 0) is 63.7 Å². The molecular weight excluding hydrogens is 577 g/mol. The maximum atomic E-state index is 15.8. The number of anilines is 2. The van der Waals surface area contributed by atoms with Crippen LogP contribution in [0.2, 0.25) is 5.02 Å². The summed E-state index contributed by atoms with van der Waals surface area (Å²) < 4.78 is 64.0. The molecule has 0 aliphatic carbocycles. The molecule has 0 N–H and O–H groups in total. The molecule has 0 spiro atoms. The molecule has 2 aromatic carbocycles. The van der Waals surface area contributed by atoms with Gasteiger partial charge in [0.05, 0.1) is 32.1 Å². The van der Waals surface area contributed by atoms with E-state index < -0.39 is 23.2 Å². The molecule has 0 radical (unpaired) electrons. The van der Waals surface area contributed by atoms with Gasteiger partial charge in [0.1, 0.15) is 33.1 Å². The molecule has 2 heterocycles. The van der Waals surface area contributed by atoms with E-state index in [9.17, 15) is 4.39 Å². The summed E-state index contributed by atoms with van der Waals surface area (Å²) in [5.41, 5.74) is 0.457. The van der Waals surface area contributed by atoms with Crippen molar-refractivity contribution in [3.8, 4) is 11.5 Å². The highest BCUT2D eigenvalue weighted by molar-refractivity contribution is 8.00. The summed E-state index contributed by atoms with van der Waals surface area (Å²) in [7, 11) is 6.96. The second-order valence-electron chi connectivity index (χ2n) is 9.98. The van der Waals surface area contributed by atoms with Crippen LogP contribution >= 0.6 is 23.5 Å². The number of hydrogen-bond acceptors (Lipinski definition) is 8. The molecule has 222 valence electrons. The van der Waals surface area contributed by atoms with Gasteiger partial charge in [0, 0.05) is 43.9 Å². The van der Waals surface area contributed by atoms with Crippen LogP contribution in [-0.2, 0) is 11.3 Å². The quantitative estimate of drug-likeness (QED) is 0.132. The van der Waals surface area contributed by atoms with Crippen molar-refractivity contribution in [2.45, 2.75) is 30.4 Å². The number of nitrogens with zero attached hydrogens (tertiary/aromatic N) is 4.